The second kappa shape index (κ2) is 3.40. The molecule has 0 spiro atoms. The third-order valence-electron chi connectivity index (χ3n) is 3.91. The van der Waals surface area contributed by atoms with Gasteiger partial charge in [0.1, 0.15) is 5.76 Å². The number of fused-ring (bicyclic) bond motifs is 1. The lowest BCUT2D eigenvalue weighted by atomic mass is 9.50. The van der Waals surface area contributed by atoms with Crippen LogP contribution in [0.4, 0.5) is 13.2 Å². The zero-order chi connectivity index (χ0) is 13.1. The Morgan fingerprint density at radius 1 is 1.41 bits per heavy atom. The van der Waals surface area contributed by atoms with Crippen molar-refractivity contribution in [3.63, 3.8) is 0 Å². The number of halogens is 3. The highest BCUT2D eigenvalue weighted by Gasteiger charge is 2.56. The van der Waals surface area contributed by atoms with E-state index in [1.807, 2.05) is 13.8 Å². The molecule has 0 aliphatic heterocycles. The highest BCUT2D eigenvalue weighted by molar-refractivity contribution is 7.87. The maximum atomic E-state index is 12.2. The van der Waals surface area contributed by atoms with Crippen LogP contribution >= 0.6 is 0 Å². The van der Waals surface area contributed by atoms with Crippen LogP contribution < -0.4 is 0 Å². The smallest absolute Gasteiger partial charge is 0.381 e. The van der Waals surface area contributed by atoms with Crippen LogP contribution in [0, 0.1) is 17.3 Å². The zero-order valence-corrected chi connectivity index (χ0v) is 10.2. The maximum Gasteiger partial charge on any atom is 0.534 e. The Morgan fingerprint density at radius 2 is 2.00 bits per heavy atom. The highest BCUT2D eigenvalue weighted by atomic mass is 32.2. The third kappa shape index (κ3) is 1.84. The minimum absolute atomic E-state index is 0.0465. The molecular weight excluding hydrogens is 257 g/mol. The number of alkyl halides is 3. The molecule has 0 aromatic heterocycles. The van der Waals surface area contributed by atoms with Crippen LogP contribution in [0.15, 0.2) is 11.8 Å². The summed E-state index contributed by atoms with van der Waals surface area (Å²) in [6, 6.07) is 0. The highest BCUT2D eigenvalue weighted by Crippen LogP contribution is 2.59. The van der Waals surface area contributed by atoms with E-state index in [9.17, 15) is 21.6 Å². The van der Waals surface area contributed by atoms with Gasteiger partial charge in [-0.15, -0.1) is 0 Å². The largest absolute Gasteiger partial charge is 0.534 e. The van der Waals surface area contributed by atoms with E-state index in [2.05, 4.69) is 4.18 Å². The van der Waals surface area contributed by atoms with Gasteiger partial charge in [0, 0.05) is 5.92 Å². The van der Waals surface area contributed by atoms with Crippen LogP contribution in [-0.4, -0.2) is 13.9 Å². The van der Waals surface area contributed by atoms with Gasteiger partial charge in [0.25, 0.3) is 0 Å². The molecule has 7 heteroatoms. The fourth-order valence-corrected chi connectivity index (χ4v) is 3.10. The molecule has 0 radical (unpaired) electrons. The van der Waals surface area contributed by atoms with Gasteiger partial charge in [0.05, 0.1) is 0 Å². The number of rotatable bonds is 2. The average molecular weight is 270 g/mol. The molecule has 3 aliphatic rings. The first-order valence-electron chi connectivity index (χ1n) is 5.26. The van der Waals surface area contributed by atoms with Gasteiger partial charge in [-0.2, -0.15) is 21.6 Å². The molecule has 0 aromatic rings. The van der Waals surface area contributed by atoms with Crippen LogP contribution in [0.5, 0.6) is 0 Å². The van der Waals surface area contributed by atoms with Gasteiger partial charge < -0.3 is 4.18 Å². The normalized spacial score (nSPS) is 31.5. The monoisotopic (exact) mass is 270 g/mol. The van der Waals surface area contributed by atoms with Gasteiger partial charge in [-0.25, -0.2) is 0 Å². The molecule has 17 heavy (non-hydrogen) atoms. The molecule has 0 saturated heterocycles. The number of hydrogen-bond acceptors (Lipinski definition) is 3. The molecule has 0 aromatic carbocycles. The number of allylic oxidation sites excluding steroid dienone is 2. The first kappa shape index (κ1) is 12.7. The summed E-state index contributed by atoms with van der Waals surface area (Å²) < 4.78 is 62.6. The minimum Gasteiger partial charge on any atom is -0.381 e. The molecule has 0 N–H and O–H groups in total. The predicted molar refractivity (Wildman–Crippen MR) is 54.1 cm³/mol. The van der Waals surface area contributed by atoms with Crippen LogP contribution in [0.2, 0.25) is 0 Å². The van der Waals surface area contributed by atoms with E-state index in [-0.39, 0.29) is 17.1 Å². The van der Waals surface area contributed by atoms with Crippen molar-refractivity contribution in [2.45, 2.75) is 32.2 Å². The number of hydrogen-bond donors (Lipinski definition) is 0. The van der Waals surface area contributed by atoms with Crippen molar-refractivity contribution >= 4 is 10.1 Å². The minimum atomic E-state index is -5.52. The van der Waals surface area contributed by atoms with Crippen molar-refractivity contribution in [2.75, 3.05) is 0 Å². The molecule has 3 nitrogen and oxygen atoms in total. The van der Waals surface area contributed by atoms with E-state index in [1.54, 1.807) is 0 Å². The summed E-state index contributed by atoms with van der Waals surface area (Å²) in [6.07, 6.45) is 2.74. The molecule has 1 saturated carbocycles. The molecule has 0 heterocycles. The van der Waals surface area contributed by atoms with E-state index in [0.29, 0.717) is 18.8 Å². The lowest BCUT2D eigenvalue weighted by Crippen LogP contribution is -2.49. The fraction of sp³-hybridized carbons (Fsp3) is 0.800. The quantitative estimate of drug-likeness (QED) is 0.572. The zero-order valence-electron chi connectivity index (χ0n) is 9.41. The molecule has 0 amide bonds. The van der Waals surface area contributed by atoms with E-state index in [1.165, 1.54) is 6.08 Å². The van der Waals surface area contributed by atoms with Gasteiger partial charge >= 0.3 is 15.6 Å². The first-order chi connectivity index (χ1) is 7.56. The van der Waals surface area contributed by atoms with E-state index >= 15 is 0 Å². The SMILES string of the molecule is CC1(C)C2CC=C(OS(=O)(=O)C(F)(F)F)C1C2. The summed E-state index contributed by atoms with van der Waals surface area (Å²) in [7, 11) is -5.52. The molecule has 3 rings (SSSR count). The topological polar surface area (TPSA) is 43.4 Å². The van der Waals surface area contributed by atoms with Gasteiger partial charge in [-0.05, 0) is 30.3 Å². The molecule has 98 valence electrons. The van der Waals surface area contributed by atoms with Crippen LogP contribution in [-0.2, 0) is 14.3 Å². The Kier molecular flexibility index (Phi) is 2.54. The van der Waals surface area contributed by atoms with Crippen LogP contribution in [0.25, 0.3) is 0 Å². The van der Waals surface area contributed by atoms with Gasteiger partial charge in [-0.1, -0.05) is 13.8 Å². The first-order valence-corrected chi connectivity index (χ1v) is 6.67. The Hall–Kier alpha value is -0.720. The lowest BCUT2D eigenvalue weighted by molar-refractivity contribution is -0.0611. The maximum absolute atomic E-state index is 12.2. The molecule has 3 aliphatic carbocycles. The van der Waals surface area contributed by atoms with E-state index in [4.69, 9.17) is 0 Å². The summed E-state index contributed by atoms with van der Waals surface area (Å²) in [4.78, 5) is 0. The lowest BCUT2D eigenvalue weighted by Gasteiger charge is -2.55. The van der Waals surface area contributed by atoms with Crippen molar-refractivity contribution in [3.8, 4) is 0 Å². The molecular formula is C10H13F3O3S. The molecule has 2 atom stereocenters. The predicted octanol–water partition coefficient (Wildman–Crippen LogP) is 2.80. The Bertz CT molecular complexity index is 462. The van der Waals surface area contributed by atoms with Gasteiger partial charge in [0.15, 0.2) is 0 Å². The average Bonchev–Trinajstić information content (AvgIpc) is 2.15. The van der Waals surface area contributed by atoms with Crippen molar-refractivity contribution in [3.05, 3.63) is 11.8 Å². The van der Waals surface area contributed by atoms with Crippen molar-refractivity contribution in [2.24, 2.45) is 17.3 Å². The van der Waals surface area contributed by atoms with Crippen molar-refractivity contribution in [1.82, 2.24) is 0 Å². The summed E-state index contributed by atoms with van der Waals surface area (Å²) >= 11 is 0. The van der Waals surface area contributed by atoms with Crippen molar-refractivity contribution < 1.29 is 25.8 Å². The van der Waals surface area contributed by atoms with Gasteiger partial charge in [0.2, 0.25) is 0 Å². The van der Waals surface area contributed by atoms with Crippen molar-refractivity contribution in [1.29, 1.82) is 0 Å². The Morgan fingerprint density at radius 3 is 2.41 bits per heavy atom. The standard InChI is InChI=1S/C10H13F3O3S/c1-9(2)6-3-4-8(7(9)5-6)16-17(14,15)10(11,12)13/h4,6-7H,3,5H2,1-2H3. The van der Waals surface area contributed by atoms with Crippen LogP contribution in [0.3, 0.4) is 0 Å². The van der Waals surface area contributed by atoms with Crippen LogP contribution in [0.1, 0.15) is 26.7 Å². The fourth-order valence-electron chi connectivity index (χ4n) is 2.57. The van der Waals surface area contributed by atoms with Gasteiger partial charge in [-0.3, -0.25) is 0 Å². The molecule has 1 fully saturated rings. The summed E-state index contributed by atoms with van der Waals surface area (Å²) in [5.41, 5.74) is -5.54. The summed E-state index contributed by atoms with van der Waals surface area (Å²) in [5.74, 6) is 0.140. The third-order valence-corrected chi connectivity index (χ3v) is 4.89. The Labute approximate surface area is 97.8 Å². The Balaban J connectivity index is 2.20. The summed E-state index contributed by atoms with van der Waals surface area (Å²) in [5, 5.41) is 0. The summed E-state index contributed by atoms with van der Waals surface area (Å²) in [6.45, 7) is 3.84. The van der Waals surface area contributed by atoms with E-state index < -0.39 is 15.6 Å². The molecule has 2 unspecified atom stereocenters. The second-order valence-electron chi connectivity index (χ2n) is 5.13. The second-order valence-corrected chi connectivity index (χ2v) is 6.67. The molecule has 2 bridgehead atoms. The van der Waals surface area contributed by atoms with E-state index in [0.717, 1.165) is 0 Å².